The predicted molar refractivity (Wildman–Crippen MR) is 94.8 cm³/mol. The maximum absolute atomic E-state index is 12.1. The van der Waals surface area contributed by atoms with Crippen molar-refractivity contribution in [3.8, 4) is 17.2 Å². The number of carbonyl (C=O) groups excluding carboxylic acids is 1. The smallest absolute Gasteiger partial charge is 0.315 e. The molecule has 0 spiro atoms. The van der Waals surface area contributed by atoms with Gasteiger partial charge in [0.15, 0.2) is 0 Å². The van der Waals surface area contributed by atoms with Crippen LogP contribution < -0.4 is 9.47 Å². The molecule has 7 heteroatoms. The summed E-state index contributed by atoms with van der Waals surface area (Å²) in [6.07, 6.45) is 3.85. The Morgan fingerprint density at radius 1 is 1.12 bits per heavy atom. The molecule has 3 rings (SSSR count). The Hall–Kier alpha value is -3.61. The molecule has 3 aromatic rings. The zero-order valence-electron chi connectivity index (χ0n) is 14.0. The summed E-state index contributed by atoms with van der Waals surface area (Å²) >= 11 is 0. The van der Waals surface area contributed by atoms with Gasteiger partial charge in [-0.1, -0.05) is 12.1 Å². The van der Waals surface area contributed by atoms with E-state index >= 15 is 0 Å². The lowest BCUT2D eigenvalue weighted by Crippen LogP contribution is -2.12. The quantitative estimate of drug-likeness (QED) is 0.293. The van der Waals surface area contributed by atoms with Gasteiger partial charge in [0.2, 0.25) is 5.75 Å². The highest BCUT2D eigenvalue weighted by molar-refractivity contribution is 5.76. The van der Waals surface area contributed by atoms with Crippen LogP contribution >= 0.6 is 0 Å². The van der Waals surface area contributed by atoms with E-state index in [1.165, 1.54) is 25.3 Å². The molecule has 0 amide bonds. The largest absolute Gasteiger partial charge is 0.496 e. The lowest BCUT2D eigenvalue weighted by Gasteiger charge is -2.08. The summed E-state index contributed by atoms with van der Waals surface area (Å²) in [4.78, 5) is 22.7. The molecule has 1 aromatic heterocycles. The first-order valence-electron chi connectivity index (χ1n) is 7.82. The van der Waals surface area contributed by atoms with Crippen molar-refractivity contribution in [1.29, 1.82) is 0 Å². The molecule has 26 heavy (non-hydrogen) atoms. The normalized spacial score (nSPS) is 10.3. The van der Waals surface area contributed by atoms with Gasteiger partial charge in [-0.25, -0.2) is 0 Å². The Labute approximate surface area is 149 Å². The standard InChI is InChI=1S/C19H16N2O5/c1-25-16-8-9-18(17(13-16)21(23)24)26-19(22)12-14-4-6-15(7-5-14)20-10-2-3-11-20/h2-11,13H,12H2,1H3. The van der Waals surface area contributed by atoms with E-state index in [1.54, 1.807) is 0 Å². The van der Waals surface area contributed by atoms with Gasteiger partial charge >= 0.3 is 11.7 Å². The van der Waals surface area contributed by atoms with Crippen LogP contribution in [0.1, 0.15) is 5.56 Å². The van der Waals surface area contributed by atoms with E-state index < -0.39 is 10.9 Å². The fourth-order valence-corrected chi connectivity index (χ4v) is 2.47. The summed E-state index contributed by atoms with van der Waals surface area (Å²) in [6.45, 7) is 0. The van der Waals surface area contributed by atoms with Crippen molar-refractivity contribution in [3.05, 3.63) is 82.7 Å². The third kappa shape index (κ3) is 3.89. The number of hydrogen-bond acceptors (Lipinski definition) is 5. The molecule has 0 bridgehead atoms. The van der Waals surface area contributed by atoms with Crippen molar-refractivity contribution in [2.45, 2.75) is 6.42 Å². The highest BCUT2D eigenvalue weighted by atomic mass is 16.6. The van der Waals surface area contributed by atoms with Gasteiger partial charge in [-0.3, -0.25) is 14.9 Å². The van der Waals surface area contributed by atoms with Gasteiger partial charge in [0.25, 0.3) is 0 Å². The summed E-state index contributed by atoms with van der Waals surface area (Å²) in [7, 11) is 1.40. The number of ether oxygens (including phenoxy) is 2. The molecule has 0 saturated carbocycles. The maximum Gasteiger partial charge on any atom is 0.315 e. The summed E-state index contributed by atoms with van der Waals surface area (Å²) in [5, 5.41) is 11.1. The van der Waals surface area contributed by atoms with Crippen LogP contribution in [0.25, 0.3) is 5.69 Å². The predicted octanol–water partition coefficient (Wildman–Crippen LogP) is 3.54. The second-order valence-electron chi connectivity index (χ2n) is 5.50. The molecule has 7 nitrogen and oxygen atoms in total. The van der Waals surface area contributed by atoms with E-state index in [4.69, 9.17) is 9.47 Å². The Morgan fingerprint density at radius 3 is 2.42 bits per heavy atom. The molecule has 0 aliphatic heterocycles. The van der Waals surface area contributed by atoms with E-state index in [0.717, 1.165) is 11.3 Å². The molecule has 0 aliphatic rings. The lowest BCUT2D eigenvalue weighted by atomic mass is 10.1. The van der Waals surface area contributed by atoms with Crippen molar-refractivity contribution >= 4 is 11.7 Å². The van der Waals surface area contributed by atoms with Crippen molar-refractivity contribution in [2.75, 3.05) is 7.11 Å². The number of benzene rings is 2. The van der Waals surface area contributed by atoms with Gasteiger partial charge in [0.1, 0.15) is 5.75 Å². The number of nitro groups is 1. The first kappa shape index (κ1) is 17.2. The van der Waals surface area contributed by atoms with Crippen LogP contribution in [-0.2, 0) is 11.2 Å². The number of hydrogen-bond donors (Lipinski definition) is 0. The minimum Gasteiger partial charge on any atom is -0.496 e. The van der Waals surface area contributed by atoms with Crippen LogP contribution in [-0.4, -0.2) is 22.6 Å². The van der Waals surface area contributed by atoms with E-state index in [-0.39, 0.29) is 17.9 Å². The van der Waals surface area contributed by atoms with E-state index in [0.29, 0.717) is 5.75 Å². The molecule has 1 heterocycles. The molecular formula is C19H16N2O5. The number of rotatable bonds is 6. The summed E-state index contributed by atoms with van der Waals surface area (Å²) in [5.41, 5.74) is 1.40. The van der Waals surface area contributed by atoms with Crippen molar-refractivity contribution in [2.24, 2.45) is 0 Å². The molecule has 0 fully saturated rings. The van der Waals surface area contributed by atoms with E-state index in [2.05, 4.69) is 0 Å². The zero-order valence-corrected chi connectivity index (χ0v) is 14.0. The summed E-state index contributed by atoms with van der Waals surface area (Å²) in [5.74, 6) is -0.367. The minimum atomic E-state index is -0.614. The molecule has 0 N–H and O–H groups in total. The molecule has 132 valence electrons. The molecule has 0 atom stereocenters. The van der Waals surface area contributed by atoms with Gasteiger partial charge in [-0.15, -0.1) is 0 Å². The molecule has 0 aliphatic carbocycles. The first-order chi connectivity index (χ1) is 12.6. The highest BCUT2D eigenvalue weighted by Gasteiger charge is 2.19. The number of carbonyl (C=O) groups is 1. The van der Waals surface area contributed by atoms with Crippen LogP contribution in [0.2, 0.25) is 0 Å². The Morgan fingerprint density at radius 2 is 1.81 bits per heavy atom. The minimum absolute atomic E-state index is 0.00907. The number of nitrogens with zero attached hydrogens (tertiary/aromatic N) is 2. The van der Waals surface area contributed by atoms with Gasteiger partial charge < -0.3 is 14.0 Å². The topological polar surface area (TPSA) is 83.6 Å². The molecule has 0 saturated heterocycles. The van der Waals surface area contributed by atoms with E-state index in [9.17, 15) is 14.9 Å². The second-order valence-corrected chi connectivity index (χ2v) is 5.50. The molecule has 2 aromatic carbocycles. The average Bonchev–Trinajstić information content (AvgIpc) is 3.17. The highest BCUT2D eigenvalue weighted by Crippen LogP contribution is 2.31. The summed E-state index contributed by atoms with van der Waals surface area (Å²) in [6, 6.07) is 15.3. The van der Waals surface area contributed by atoms with Gasteiger partial charge in [-0.2, -0.15) is 0 Å². The number of nitro benzene ring substituents is 1. The van der Waals surface area contributed by atoms with Crippen molar-refractivity contribution in [1.82, 2.24) is 4.57 Å². The SMILES string of the molecule is COc1ccc(OC(=O)Cc2ccc(-n3cccc3)cc2)c([N+](=O)[O-])c1. The van der Waals surface area contributed by atoms with Crippen LogP contribution in [0.15, 0.2) is 67.0 Å². The molecule has 0 unspecified atom stereocenters. The second kappa shape index (κ2) is 7.52. The van der Waals surface area contributed by atoms with E-state index in [1.807, 2.05) is 53.4 Å². The fourth-order valence-electron chi connectivity index (χ4n) is 2.47. The van der Waals surface area contributed by atoms with Crippen molar-refractivity contribution < 1.29 is 19.2 Å². The van der Waals surface area contributed by atoms with Crippen LogP contribution in [0, 0.1) is 10.1 Å². The zero-order chi connectivity index (χ0) is 18.5. The average molecular weight is 352 g/mol. The number of methoxy groups -OCH3 is 1. The molecular weight excluding hydrogens is 336 g/mol. The number of esters is 1. The third-order valence-corrected chi connectivity index (χ3v) is 3.77. The first-order valence-corrected chi connectivity index (χ1v) is 7.82. The Balaban J connectivity index is 1.70. The number of aromatic nitrogens is 1. The van der Waals surface area contributed by atoms with Crippen LogP contribution in [0.5, 0.6) is 11.5 Å². The lowest BCUT2D eigenvalue weighted by molar-refractivity contribution is -0.385. The van der Waals surface area contributed by atoms with Gasteiger partial charge in [0, 0.05) is 18.1 Å². The molecule has 0 radical (unpaired) electrons. The van der Waals surface area contributed by atoms with Crippen LogP contribution in [0.4, 0.5) is 5.69 Å². The monoisotopic (exact) mass is 352 g/mol. The third-order valence-electron chi connectivity index (χ3n) is 3.77. The maximum atomic E-state index is 12.1. The fraction of sp³-hybridized carbons (Fsp3) is 0.105. The Kier molecular flexibility index (Phi) is 4.98. The van der Waals surface area contributed by atoms with Gasteiger partial charge in [0.05, 0.1) is 24.5 Å². The van der Waals surface area contributed by atoms with Gasteiger partial charge in [-0.05, 0) is 42.0 Å². The van der Waals surface area contributed by atoms with Crippen LogP contribution in [0.3, 0.4) is 0 Å². The van der Waals surface area contributed by atoms with Crippen molar-refractivity contribution in [3.63, 3.8) is 0 Å². The summed E-state index contributed by atoms with van der Waals surface area (Å²) < 4.78 is 12.1. The Bertz CT molecular complexity index is 918.